The third-order valence-corrected chi connectivity index (χ3v) is 7.42. The first-order chi connectivity index (χ1) is 6.95. The molecule has 0 bridgehead atoms. The second-order valence-corrected chi connectivity index (χ2v) is 7.85. The predicted molar refractivity (Wildman–Crippen MR) is 75.0 cm³/mol. The fraction of sp³-hybridized carbons (Fsp3) is 0. The van der Waals surface area contributed by atoms with Gasteiger partial charge in [0.25, 0.3) is 0 Å². The van der Waals surface area contributed by atoms with Gasteiger partial charge in [0.15, 0.2) is 0 Å². The van der Waals surface area contributed by atoms with Crippen molar-refractivity contribution in [2.45, 2.75) is 5.03 Å². The normalized spacial score (nSPS) is 14.7. The van der Waals surface area contributed by atoms with Crippen molar-refractivity contribution in [3.8, 4) is 0 Å². The maximum absolute atomic E-state index is 4.26. The van der Waals surface area contributed by atoms with Gasteiger partial charge in [-0.25, -0.2) is 4.98 Å². The number of aromatic nitrogens is 1. The Labute approximate surface area is 101 Å². The van der Waals surface area contributed by atoms with E-state index in [0.29, 0.717) is 0 Å². The van der Waals surface area contributed by atoms with Gasteiger partial charge in [0.05, 0.1) is 2.84 Å². The van der Waals surface area contributed by atoms with E-state index in [1.807, 2.05) is 35.2 Å². The monoisotopic (exact) mass is 333 g/mol. The lowest BCUT2D eigenvalue weighted by Crippen LogP contribution is -1.80. The molecular weight excluding hydrogens is 325 g/mol. The summed E-state index contributed by atoms with van der Waals surface area (Å²) in [6, 6.07) is 6.00. The Morgan fingerprint density at radius 2 is 2.14 bits per heavy atom. The molecule has 0 N–H and O–H groups in total. The topological polar surface area (TPSA) is 12.9 Å². The van der Waals surface area contributed by atoms with Crippen LogP contribution in [0.2, 0.25) is 0 Å². The molecule has 1 aromatic heterocycles. The van der Waals surface area contributed by atoms with E-state index in [-0.39, 0.29) is 20.7 Å². The zero-order valence-electron chi connectivity index (χ0n) is 7.26. The lowest BCUT2D eigenvalue weighted by atomic mass is 10.5. The van der Waals surface area contributed by atoms with E-state index in [4.69, 9.17) is 0 Å². The Morgan fingerprint density at radius 1 is 1.14 bits per heavy atom. The first-order valence-corrected chi connectivity index (χ1v) is 8.52. The summed E-state index contributed by atoms with van der Waals surface area (Å²) in [6.07, 6.45) is 8.26. The number of nitrogens with zero attached hydrogens (tertiary/aromatic N) is 1. The van der Waals surface area contributed by atoms with Crippen molar-refractivity contribution in [2.24, 2.45) is 0 Å². The summed E-state index contributed by atoms with van der Waals surface area (Å²) in [6.45, 7) is 0. The van der Waals surface area contributed by atoms with Crippen LogP contribution in [0.5, 0.6) is 0 Å². The van der Waals surface area contributed by atoms with E-state index in [2.05, 4.69) is 27.3 Å². The van der Waals surface area contributed by atoms with Gasteiger partial charge in [-0.05, 0) is 43.9 Å². The van der Waals surface area contributed by atoms with Crippen LogP contribution in [0, 0.1) is 0 Å². The maximum atomic E-state index is 4.26. The molecule has 72 valence electrons. The summed E-state index contributed by atoms with van der Waals surface area (Å²) < 4.78 is 3.77. The summed E-state index contributed by atoms with van der Waals surface area (Å²) in [5, 5.41) is 1.08. The predicted octanol–water partition coefficient (Wildman–Crippen LogP) is 4.01. The van der Waals surface area contributed by atoms with Gasteiger partial charge >= 0.3 is 0 Å². The van der Waals surface area contributed by atoms with E-state index in [0.717, 1.165) is 5.03 Å². The van der Waals surface area contributed by atoms with E-state index < -0.39 is 0 Å². The summed E-state index contributed by atoms with van der Waals surface area (Å²) in [4.78, 5) is 4.26. The molecule has 0 spiro atoms. The van der Waals surface area contributed by atoms with Crippen molar-refractivity contribution in [3.63, 3.8) is 0 Å². The molecule has 1 aliphatic rings. The largest absolute Gasteiger partial charge is 0.249 e. The van der Waals surface area contributed by atoms with Gasteiger partial charge in [0.2, 0.25) is 0 Å². The first-order valence-electron chi connectivity index (χ1n) is 4.04. The summed E-state index contributed by atoms with van der Waals surface area (Å²) in [5.74, 6) is 0. The lowest BCUT2D eigenvalue weighted by molar-refractivity contribution is 1.14. The van der Waals surface area contributed by atoms with E-state index in [1.165, 1.54) is 2.84 Å². The van der Waals surface area contributed by atoms with Crippen LogP contribution in [-0.4, -0.2) is 7.82 Å². The van der Waals surface area contributed by atoms with Gasteiger partial charge in [-0.3, -0.25) is 0 Å². The second-order valence-electron chi connectivity index (χ2n) is 2.43. The average Bonchev–Trinajstić information content (AvgIpc) is 2.29. The molecule has 1 aliphatic heterocycles. The number of hydrogen-bond acceptors (Lipinski definition) is 3. The molecule has 0 saturated carbocycles. The third-order valence-electron chi connectivity index (χ3n) is 1.43. The number of allylic oxidation sites excluding steroid dienone is 2. The molecule has 0 aliphatic carbocycles. The van der Waals surface area contributed by atoms with Crippen molar-refractivity contribution in [2.75, 3.05) is 0 Å². The van der Waals surface area contributed by atoms with Crippen LogP contribution in [-0.2, 0) is 0 Å². The number of pyridine rings is 1. The smallest absolute Gasteiger partial charge is 0.107 e. The molecule has 0 amide bonds. The average molecular weight is 333 g/mol. The molecule has 0 saturated heterocycles. The summed E-state index contributed by atoms with van der Waals surface area (Å²) in [7, 11) is 3.57. The van der Waals surface area contributed by atoms with Gasteiger partial charge in [-0.15, -0.1) is 0 Å². The van der Waals surface area contributed by atoms with Crippen LogP contribution in [0.3, 0.4) is 0 Å². The molecule has 4 heteroatoms. The summed E-state index contributed by atoms with van der Waals surface area (Å²) in [5.41, 5.74) is 0. The molecule has 14 heavy (non-hydrogen) atoms. The highest BCUT2D eigenvalue weighted by Gasteiger charge is 1.99. The lowest BCUT2D eigenvalue weighted by Gasteiger charge is -2.00. The Morgan fingerprint density at radius 3 is 2.86 bits per heavy atom. The molecule has 1 aromatic rings. The first kappa shape index (κ1) is 10.4. The van der Waals surface area contributed by atoms with Crippen molar-refractivity contribution in [1.29, 1.82) is 0 Å². The van der Waals surface area contributed by atoms with Crippen LogP contribution < -0.4 is 0 Å². The van der Waals surface area contributed by atoms with Crippen molar-refractivity contribution in [3.05, 3.63) is 46.7 Å². The number of hydrogen-bond donors (Lipinski definition) is 0. The van der Waals surface area contributed by atoms with Gasteiger partial charge in [0.1, 0.15) is 5.03 Å². The zero-order valence-corrected chi connectivity index (χ0v) is 11.1. The third kappa shape index (κ3) is 3.25. The molecule has 0 unspecified atom stereocenters. The second kappa shape index (κ2) is 5.72. The molecule has 1 nitrogen and oxygen atoms in total. The van der Waals surface area contributed by atoms with Crippen molar-refractivity contribution < 1.29 is 0 Å². The van der Waals surface area contributed by atoms with E-state index in [9.17, 15) is 0 Å². The minimum absolute atomic E-state index is 0.114. The van der Waals surface area contributed by atoms with Crippen LogP contribution >= 0.6 is 42.3 Å². The number of rotatable bonds is 3. The SMILES string of the molecule is C1=CI=C(SSc2ccccn2)C=C1. The van der Waals surface area contributed by atoms with Crippen LogP contribution in [0.15, 0.2) is 51.7 Å². The fourth-order valence-corrected chi connectivity index (χ4v) is 5.78. The summed E-state index contributed by atoms with van der Waals surface area (Å²) >= 11 is 0.114. The Bertz CT molecular complexity index is 384. The fourth-order valence-electron chi connectivity index (χ4n) is 0.833. The molecule has 2 heterocycles. The van der Waals surface area contributed by atoms with Crippen LogP contribution in [0.25, 0.3) is 0 Å². The molecule has 0 aromatic carbocycles. The van der Waals surface area contributed by atoms with Gasteiger partial charge < -0.3 is 0 Å². The number of halogens is 1. The van der Waals surface area contributed by atoms with Gasteiger partial charge in [-0.1, -0.05) is 38.9 Å². The Kier molecular flexibility index (Phi) is 4.27. The zero-order chi connectivity index (χ0) is 9.64. The molecule has 0 atom stereocenters. The minimum atomic E-state index is 0.114. The quantitative estimate of drug-likeness (QED) is 0.613. The standard InChI is InChI=1S/C10H8INS2/c1-3-7-11-9(5-1)13-14-10-6-2-4-8-12-10/h1-8H. The highest BCUT2D eigenvalue weighted by atomic mass is 127. The highest BCUT2D eigenvalue weighted by Crippen LogP contribution is 2.34. The molecule has 2 rings (SSSR count). The molecule has 0 radical (unpaired) electrons. The van der Waals surface area contributed by atoms with E-state index in [1.54, 1.807) is 10.8 Å². The van der Waals surface area contributed by atoms with Gasteiger partial charge in [0, 0.05) is 6.20 Å². The van der Waals surface area contributed by atoms with E-state index >= 15 is 0 Å². The van der Waals surface area contributed by atoms with Crippen molar-refractivity contribution in [1.82, 2.24) is 4.98 Å². The van der Waals surface area contributed by atoms with Crippen molar-refractivity contribution >= 4 is 45.2 Å². The Hall–Kier alpha value is -0.0700. The van der Waals surface area contributed by atoms with Crippen LogP contribution in [0.4, 0.5) is 0 Å². The minimum Gasteiger partial charge on any atom is -0.249 e. The maximum Gasteiger partial charge on any atom is 0.107 e. The molecule has 0 fully saturated rings. The molecular formula is C10H8INS2. The van der Waals surface area contributed by atoms with Gasteiger partial charge in [-0.2, -0.15) is 0 Å². The van der Waals surface area contributed by atoms with Crippen LogP contribution in [0.1, 0.15) is 0 Å². The Balaban J connectivity index is 1.92. The highest BCUT2D eigenvalue weighted by molar-refractivity contribution is 14.2.